The first-order valence-electron chi connectivity index (χ1n) is 7.47. The van der Waals surface area contributed by atoms with Crippen LogP contribution in [0.4, 0.5) is 5.69 Å². The van der Waals surface area contributed by atoms with Crippen LogP contribution in [-0.2, 0) is 0 Å². The van der Waals surface area contributed by atoms with Crippen molar-refractivity contribution in [2.45, 2.75) is 6.92 Å². The summed E-state index contributed by atoms with van der Waals surface area (Å²) in [6.07, 6.45) is 0. The number of hydrogen-bond donors (Lipinski definition) is 1. The molecule has 4 rings (SSSR count). The summed E-state index contributed by atoms with van der Waals surface area (Å²) >= 11 is 7.38. The van der Waals surface area contributed by atoms with E-state index in [0.29, 0.717) is 21.2 Å². The number of hydrogen-bond acceptors (Lipinski definition) is 5. The normalized spacial score (nSPS) is 11.0. The van der Waals surface area contributed by atoms with Gasteiger partial charge in [0.1, 0.15) is 5.01 Å². The van der Waals surface area contributed by atoms with Crippen molar-refractivity contribution in [3.8, 4) is 10.6 Å². The Hall–Kier alpha value is -2.77. The molecule has 0 aliphatic heterocycles. The van der Waals surface area contributed by atoms with Crippen molar-refractivity contribution in [3.63, 3.8) is 0 Å². The second kappa shape index (κ2) is 6.27. The molecule has 0 aliphatic rings. The number of halogens is 1. The molecule has 0 radical (unpaired) electrons. The number of benzene rings is 2. The molecule has 0 spiro atoms. The molecule has 2 heterocycles. The minimum absolute atomic E-state index is 0.228. The number of anilines is 1. The second-order valence-corrected chi connectivity index (χ2v) is 6.75. The molecule has 0 bridgehead atoms. The minimum atomic E-state index is -0.228. The monoisotopic (exact) mass is 369 g/mol. The third kappa shape index (κ3) is 2.99. The lowest BCUT2D eigenvalue weighted by Gasteiger charge is -2.09. The lowest BCUT2D eigenvalue weighted by molar-refractivity contribution is 0.102. The van der Waals surface area contributed by atoms with Gasteiger partial charge >= 0.3 is 0 Å². The largest absolute Gasteiger partial charge is 0.321 e. The van der Waals surface area contributed by atoms with Crippen molar-refractivity contribution in [2.24, 2.45) is 0 Å². The molecule has 0 saturated carbocycles. The number of aryl methyl sites for hydroxylation is 1. The molecule has 0 saturated heterocycles. The third-order valence-electron chi connectivity index (χ3n) is 3.64. The molecule has 0 aliphatic carbocycles. The Balaban J connectivity index is 1.70. The van der Waals surface area contributed by atoms with E-state index < -0.39 is 0 Å². The fourth-order valence-corrected chi connectivity index (χ4v) is 3.54. The summed E-state index contributed by atoms with van der Waals surface area (Å²) in [6, 6.07) is 14.3. The number of carbonyl (C=O) groups is 1. The SMILES string of the molecule is Cc1nnc2sc(-c3ccccc3NC(=O)c3cccc(Cl)c3)nn12. The first-order valence-corrected chi connectivity index (χ1v) is 8.66. The van der Waals surface area contributed by atoms with Gasteiger partial charge in [-0.1, -0.05) is 41.1 Å². The van der Waals surface area contributed by atoms with E-state index in [1.165, 1.54) is 11.3 Å². The van der Waals surface area contributed by atoms with Crippen LogP contribution < -0.4 is 5.32 Å². The number of aromatic nitrogens is 4. The average Bonchev–Trinajstić information content (AvgIpc) is 3.18. The fourth-order valence-electron chi connectivity index (χ4n) is 2.43. The Labute approximate surface area is 152 Å². The van der Waals surface area contributed by atoms with Gasteiger partial charge in [0.25, 0.3) is 5.91 Å². The van der Waals surface area contributed by atoms with E-state index >= 15 is 0 Å². The van der Waals surface area contributed by atoms with E-state index in [-0.39, 0.29) is 5.91 Å². The molecular weight excluding hydrogens is 358 g/mol. The Morgan fingerprint density at radius 1 is 1.16 bits per heavy atom. The first-order chi connectivity index (χ1) is 12.1. The summed E-state index contributed by atoms with van der Waals surface area (Å²) in [6.45, 7) is 1.84. The van der Waals surface area contributed by atoms with E-state index in [0.717, 1.165) is 16.4 Å². The van der Waals surface area contributed by atoms with Gasteiger partial charge in [0.2, 0.25) is 4.96 Å². The summed E-state index contributed by atoms with van der Waals surface area (Å²) in [5.41, 5.74) is 2.00. The van der Waals surface area contributed by atoms with Gasteiger partial charge in [0.05, 0.1) is 5.69 Å². The summed E-state index contributed by atoms with van der Waals surface area (Å²) in [7, 11) is 0. The maximum absolute atomic E-state index is 12.5. The minimum Gasteiger partial charge on any atom is -0.321 e. The van der Waals surface area contributed by atoms with Crippen LogP contribution in [0.15, 0.2) is 48.5 Å². The van der Waals surface area contributed by atoms with Gasteiger partial charge in [0, 0.05) is 16.1 Å². The second-order valence-electron chi connectivity index (χ2n) is 5.36. The molecule has 0 atom stereocenters. The van der Waals surface area contributed by atoms with E-state index in [4.69, 9.17) is 11.6 Å². The number of para-hydroxylation sites is 1. The first kappa shape index (κ1) is 15.7. The van der Waals surface area contributed by atoms with E-state index in [1.54, 1.807) is 28.8 Å². The van der Waals surface area contributed by atoms with Crippen molar-refractivity contribution in [1.29, 1.82) is 0 Å². The van der Waals surface area contributed by atoms with E-state index in [9.17, 15) is 4.79 Å². The molecule has 25 heavy (non-hydrogen) atoms. The zero-order valence-electron chi connectivity index (χ0n) is 13.1. The molecule has 1 amide bonds. The Morgan fingerprint density at radius 2 is 2.00 bits per heavy atom. The molecule has 0 fully saturated rings. The number of nitrogens with one attached hydrogen (secondary N) is 1. The van der Waals surface area contributed by atoms with Crippen LogP contribution in [-0.4, -0.2) is 25.7 Å². The Morgan fingerprint density at radius 3 is 2.80 bits per heavy atom. The molecule has 8 heteroatoms. The maximum Gasteiger partial charge on any atom is 0.255 e. The highest BCUT2D eigenvalue weighted by Crippen LogP contribution is 2.31. The molecule has 1 N–H and O–H groups in total. The fraction of sp³-hybridized carbons (Fsp3) is 0.0588. The average molecular weight is 370 g/mol. The van der Waals surface area contributed by atoms with Gasteiger partial charge in [-0.3, -0.25) is 4.79 Å². The quantitative estimate of drug-likeness (QED) is 0.591. The van der Waals surface area contributed by atoms with Gasteiger partial charge in [-0.05, 0) is 37.3 Å². The van der Waals surface area contributed by atoms with Crippen molar-refractivity contribution in [2.75, 3.05) is 5.32 Å². The number of carbonyl (C=O) groups excluding carboxylic acids is 1. The van der Waals surface area contributed by atoms with Crippen LogP contribution in [0.3, 0.4) is 0 Å². The van der Waals surface area contributed by atoms with Gasteiger partial charge in [-0.2, -0.15) is 9.61 Å². The smallest absolute Gasteiger partial charge is 0.255 e. The molecular formula is C17H12ClN5OS. The summed E-state index contributed by atoms with van der Waals surface area (Å²) < 4.78 is 1.69. The van der Waals surface area contributed by atoms with Crippen LogP contribution in [0.2, 0.25) is 5.02 Å². The van der Waals surface area contributed by atoms with Crippen LogP contribution in [0.5, 0.6) is 0 Å². The number of rotatable bonds is 3. The van der Waals surface area contributed by atoms with E-state index in [2.05, 4.69) is 20.6 Å². The molecule has 4 aromatic rings. The Bertz CT molecular complexity index is 1090. The highest BCUT2D eigenvalue weighted by atomic mass is 35.5. The van der Waals surface area contributed by atoms with Crippen molar-refractivity contribution in [3.05, 3.63) is 64.9 Å². The van der Waals surface area contributed by atoms with E-state index in [1.807, 2.05) is 31.2 Å². The molecule has 6 nitrogen and oxygen atoms in total. The van der Waals surface area contributed by atoms with Crippen LogP contribution in [0.1, 0.15) is 16.2 Å². The highest BCUT2D eigenvalue weighted by molar-refractivity contribution is 7.19. The van der Waals surface area contributed by atoms with Crippen LogP contribution >= 0.6 is 22.9 Å². The third-order valence-corrected chi connectivity index (χ3v) is 4.81. The van der Waals surface area contributed by atoms with Gasteiger partial charge < -0.3 is 5.32 Å². The maximum atomic E-state index is 12.5. The summed E-state index contributed by atoms with van der Waals surface area (Å²) in [4.78, 5) is 13.2. The van der Waals surface area contributed by atoms with Crippen molar-refractivity contribution >= 4 is 39.5 Å². The lowest BCUT2D eigenvalue weighted by Crippen LogP contribution is -2.12. The number of fused-ring (bicyclic) bond motifs is 1. The van der Waals surface area contributed by atoms with Gasteiger partial charge in [0.15, 0.2) is 5.82 Å². The predicted octanol–water partition coefficient (Wildman–Crippen LogP) is 4.07. The standard InChI is InChI=1S/C17H12ClN5OS/c1-10-20-21-17-23(10)22-16(25-17)13-7-2-3-8-14(13)19-15(24)11-5-4-6-12(18)9-11/h2-9H,1H3,(H,19,24). The van der Waals surface area contributed by atoms with Crippen molar-refractivity contribution in [1.82, 2.24) is 19.8 Å². The highest BCUT2D eigenvalue weighted by Gasteiger charge is 2.15. The molecule has 2 aromatic heterocycles. The summed E-state index contributed by atoms with van der Waals surface area (Å²) in [5, 5.41) is 16.8. The van der Waals surface area contributed by atoms with Crippen molar-refractivity contribution < 1.29 is 4.79 Å². The van der Waals surface area contributed by atoms with Gasteiger partial charge in [-0.15, -0.1) is 10.2 Å². The number of nitrogens with zero attached hydrogens (tertiary/aromatic N) is 4. The molecule has 2 aromatic carbocycles. The van der Waals surface area contributed by atoms with Gasteiger partial charge in [-0.25, -0.2) is 0 Å². The lowest BCUT2D eigenvalue weighted by atomic mass is 10.1. The number of amides is 1. The molecule has 0 unspecified atom stereocenters. The summed E-state index contributed by atoms with van der Waals surface area (Å²) in [5.74, 6) is 0.493. The van der Waals surface area contributed by atoms with Crippen LogP contribution in [0, 0.1) is 6.92 Å². The Kier molecular flexibility index (Phi) is 3.95. The zero-order valence-corrected chi connectivity index (χ0v) is 14.7. The molecule has 124 valence electrons. The zero-order chi connectivity index (χ0) is 17.4. The predicted molar refractivity (Wildman–Crippen MR) is 98.2 cm³/mol. The van der Waals surface area contributed by atoms with Crippen LogP contribution in [0.25, 0.3) is 15.5 Å². The topological polar surface area (TPSA) is 72.2 Å².